The number of hydrogen-bond donors (Lipinski definition) is 1. The number of ether oxygens (including phenoxy) is 2. The van der Waals surface area contributed by atoms with Crippen LogP contribution < -0.4 is 15.0 Å². The molecule has 0 bridgehead atoms. The Bertz CT molecular complexity index is 780. The second-order valence-electron chi connectivity index (χ2n) is 7.29. The summed E-state index contributed by atoms with van der Waals surface area (Å²) in [7, 11) is 0. The summed E-state index contributed by atoms with van der Waals surface area (Å²) in [4.78, 5) is 17.5. The highest BCUT2D eigenvalue weighted by molar-refractivity contribution is 5.76. The van der Waals surface area contributed by atoms with Crippen molar-refractivity contribution in [2.24, 2.45) is 5.92 Å². The standard InChI is InChI=1S/C19H25N3O4/c1-12(8-20-13(2)23)25-16-9-22(10-16)19-21-17-6-5-15(7-18(17)26-19)24-11-14-3-4-14/h5-7,12,14,16H,3-4,8-11H2,1-2H3,(H,20,23). The van der Waals surface area contributed by atoms with Crippen LogP contribution in [-0.2, 0) is 9.53 Å². The molecule has 1 amide bonds. The summed E-state index contributed by atoms with van der Waals surface area (Å²) in [6.45, 7) is 6.26. The lowest BCUT2D eigenvalue weighted by atomic mass is 10.2. The molecule has 2 heterocycles. The van der Waals surface area contributed by atoms with Gasteiger partial charge in [-0.05, 0) is 37.8 Å². The van der Waals surface area contributed by atoms with Gasteiger partial charge in [-0.1, -0.05) is 0 Å². The maximum atomic E-state index is 10.9. The number of rotatable bonds is 8. The van der Waals surface area contributed by atoms with Gasteiger partial charge in [0, 0.05) is 19.5 Å². The Morgan fingerprint density at radius 1 is 1.42 bits per heavy atom. The number of nitrogens with one attached hydrogen (secondary N) is 1. The molecule has 1 saturated carbocycles. The van der Waals surface area contributed by atoms with E-state index >= 15 is 0 Å². The Morgan fingerprint density at radius 2 is 2.23 bits per heavy atom. The summed E-state index contributed by atoms with van der Waals surface area (Å²) in [5.74, 6) is 1.52. The second kappa shape index (κ2) is 7.15. The van der Waals surface area contributed by atoms with Gasteiger partial charge >= 0.3 is 0 Å². The quantitative estimate of drug-likeness (QED) is 0.780. The molecule has 1 atom stereocenters. The van der Waals surface area contributed by atoms with E-state index in [0.29, 0.717) is 12.6 Å². The lowest BCUT2D eigenvalue weighted by Gasteiger charge is -2.39. The minimum absolute atomic E-state index is 0.0131. The predicted octanol–water partition coefficient (Wildman–Crippen LogP) is 2.35. The van der Waals surface area contributed by atoms with Crippen molar-refractivity contribution in [3.63, 3.8) is 0 Å². The number of amides is 1. The van der Waals surface area contributed by atoms with Gasteiger partial charge in [-0.3, -0.25) is 4.79 Å². The average Bonchev–Trinajstić information content (AvgIpc) is 3.31. The first-order valence-corrected chi connectivity index (χ1v) is 9.25. The molecular formula is C19H25N3O4. The van der Waals surface area contributed by atoms with Gasteiger partial charge < -0.3 is 24.1 Å². The Hall–Kier alpha value is -2.28. The van der Waals surface area contributed by atoms with E-state index in [-0.39, 0.29) is 18.1 Å². The largest absolute Gasteiger partial charge is 0.493 e. The molecule has 0 radical (unpaired) electrons. The van der Waals surface area contributed by atoms with Gasteiger partial charge in [-0.15, -0.1) is 0 Å². The fraction of sp³-hybridized carbons (Fsp3) is 0.579. The first-order chi connectivity index (χ1) is 12.6. The van der Waals surface area contributed by atoms with Crippen LogP contribution in [0.15, 0.2) is 22.6 Å². The van der Waals surface area contributed by atoms with E-state index in [1.165, 1.54) is 19.8 Å². The first kappa shape index (κ1) is 17.1. The minimum Gasteiger partial charge on any atom is -0.493 e. The summed E-state index contributed by atoms with van der Waals surface area (Å²) < 4.78 is 17.6. The van der Waals surface area contributed by atoms with Crippen LogP contribution in [0.5, 0.6) is 5.75 Å². The van der Waals surface area contributed by atoms with E-state index < -0.39 is 0 Å². The number of nitrogens with zero attached hydrogens (tertiary/aromatic N) is 2. The molecule has 140 valence electrons. The fourth-order valence-electron chi connectivity index (χ4n) is 2.96. The Kier molecular flexibility index (Phi) is 4.72. The van der Waals surface area contributed by atoms with Crippen molar-refractivity contribution >= 4 is 23.0 Å². The van der Waals surface area contributed by atoms with Gasteiger partial charge in [0.25, 0.3) is 6.01 Å². The molecule has 1 unspecified atom stereocenters. The zero-order valence-electron chi connectivity index (χ0n) is 15.2. The summed E-state index contributed by atoms with van der Waals surface area (Å²) >= 11 is 0. The molecule has 1 aromatic carbocycles. The monoisotopic (exact) mass is 359 g/mol. The van der Waals surface area contributed by atoms with E-state index in [2.05, 4.69) is 15.2 Å². The molecule has 26 heavy (non-hydrogen) atoms. The lowest BCUT2D eigenvalue weighted by molar-refractivity contribution is -0.120. The molecule has 2 aliphatic rings. The van der Waals surface area contributed by atoms with Crippen LogP contribution in [0.25, 0.3) is 11.1 Å². The van der Waals surface area contributed by atoms with Gasteiger partial charge in [0.1, 0.15) is 11.3 Å². The summed E-state index contributed by atoms with van der Waals surface area (Å²) in [6, 6.07) is 6.42. The van der Waals surface area contributed by atoms with Crippen LogP contribution in [-0.4, -0.2) is 49.3 Å². The van der Waals surface area contributed by atoms with Crippen LogP contribution in [0.4, 0.5) is 6.01 Å². The van der Waals surface area contributed by atoms with Crippen molar-refractivity contribution in [1.82, 2.24) is 10.3 Å². The third kappa shape index (κ3) is 4.09. The average molecular weight is 359 g/mol. The van der Waals surface area contributed by atoms with Crippen LogP contribution in [0, 0.1) is 5.92 Å². The fourth-order valence-corrected chi connectivity index (χ4v) is 2.96. The van der Waals surface area contributed by atoms with Gasteiger partial charge in [0.15, 0.2) is 5.58 Å². The van der Waals surface area contributed by atoms with Crippen molar-refractivity contribution in [2.45, 2.75) is 38.9 Å². The Morgan fingerprint density at radius 3 is 2.96 bits per heavy atom. The number of oxazole rings is 1. The third-order valence-corrected chi connectivity index (χ3v) is 4.71. The number of hydrogen-bond acceptors (Lipinski definition) is 6. The molecule has 1 aliphatic carbocycles. The highest BCUT2D eigenvalue weighted by Gasteiger charge is 2.32. The molecule has 7 heteroatoms. The van der Waals surface area contributed by atoms with E-state index in [1.807, 2.05) is 25.1 Å². The molecule has 2 fully saturated rings. The lowest BCUT2D eigenvalue weighted by Crippen LogP contribution is -2.54. The SMILES string of the molecule is CC(=O)NCC(C)OC1CN(c2nc3ccc(OCC4CC4)cc3o2)C1. The molecule has 1 N–H and O–H groups in total. The van der Waals surface area contributed by atoms with Crippen LogP contribution in [0.3, 0.4) is 0 Å². The number of aromatic nitrogens is 1. The molecule has 2 aromatic rings. The van der Waals surface area contributed by atoms with Gasteiger partial charge in [-0.2, -0.15) is 4.98 Å². The number of carbonyl (C=O) groups is 1. The van der Waals surface area contributed by atoms with Crippen molar-refractivity contribution in [3.05, 3.63) is 18.2 Å². The smallest absolute Gasteiger partial charge is 0.298 e. The van der Waals surface area contributed by atoms with E-state index in [0.717, 1.165) is 42.5 Å². The predicted molar refractivity (Wildman–Crippen MR) is 97.5 cm³/mol. The maximum Gasteiger partial charge on any atom is 0.298 e. The normalized spacial score (nSPS) is 18.6. The van der Waals surface area contributed by atoms with E-state index in [4.69, 9.17) is 13.9 Å². The second-order valence-corrected chi connectivity index (χ2v) is 7.29. The minimum atomic E-state index is -0.0392. The third-order valence-electron chi connectivity index (χ3n) is 4.71. The molecule has 1 aliphatic heterocycles. The summed E-state index contributed by atoms with van der Waals surface area (Å²) in [5.41, 5.74) is 1.58. The van der Waals surface area contributed by atoms with Gasteiger partial charge in [0.2, 0.25) is 5.91 Å². The zero-order valence-corrected chi connectivity index (χ0v) is 15.2. The maximum absolute atomic E-state index is 10.9. The molecule has 0 spiro atoms. The topological polar surface area (TPSA) is 76.8 Å². The number of carbonyl (C=O) groups excluding carboxylic acids is 1. The van der Waals surface area contributed by atoms with Crippen LogP contribution >= 0.6 is 0 Å². The molecule has 4 rings (SSSR count). The highest BCUT2D eigenvalue weighted by atomic mass is 16.5. The molecular weight excluding hydrogens is 334 g/mol. The number of anilines is 1. The number of fused-ring (bicyclic) bond motifs is 1. The van der Waals surface area contributed by atoms with E-state index in [9.17, 15) is 4.79 Å². The zero-order chi connectivity index (χ0) is 18.1. The van der Waals surface area contributed by atoms with Crippen LogP contribution in [0.1, 0.15) is 26.7 Å². The Balaban J connectivity index is 1.29. The van der Waals surface area contributed by atoms with Crippen molar-refractivity contribution in [2.75, 3.05) is 31.1 Å². The number of benzene rings is 1. The van der Waals surface area contributed by atoms with E-state index in [1.54, 1.807) is 0 Å². The van der Waals surface area contributed by atoms with Crippen molar-refractivity contribution in [1.29, 1.82) is 0 Å². The first-order valence-electron chi connectivity index (χ1n) is 9.25. The summed E-state index contributed by atoms with van der Waals surface area (Å²) in [5, 5.41) is 2.77. The van der Waals surface area contributed by atoms with Gasteiger partial charge in [0.05, 0.1) is 31.9 Å². The molecule has 1 aromatic heterocycles. The van der Waals surface area contributed by atoms with Crippen molar-refractivity contribution in [3.8, 4) is 5.75 Å². The Labute approximate surface area is 152 Å². The van der Waals surface area contributed by atoms with Crippen molar-refractivity contribution < 1.29 is 18.7 Å². The van der Waals surface area contributed by atoms with Crippen LogP contribution in [0.2, 0.25) is 0 Å². The summed E-state index contributed by atoms with van der Waals surface area (Å²) in [6.07, 6.45) is 2.67. The van der Waals surface area contributed by atoms with Gasteiger partial charge in [-0.25, -0.2) is 0 Å². The highest BCUT2D eigenvalue weighted by Crippen LogP contribution is 2.32. The molecule has 7 nitrogen and oxygen atoms in total. The molecule has 1 saturated heterocycles.